The first-order valence-corrected chi connectivity index (χ1v) is 11.8. The minimum atomic E-state index is -0.391. The molecule has 33 heavy (non-hydrogen) atoms. The molecular weight excluding hydrogens is 444 g/mol. The number of nitrogens with zero attached hydrogens (tertiary/aromatic N) is 5. The lowest BCUT2D eigenvalue weighted by Gasteiger charge is -2.08. The highest BCUT2D eigenvalue weighted by Gasteiger charge is 2.21. The van der Waals surface area contributed by atoms with E-state index in [4.69, 9.17) is 9.47 Å². The second-order valence-electron chi connectivity index (χ2n) is 6.82. The first-order valence-electron chi connectivity index (χ1n) is 10.8. The van der Waals surface area contributed by atoms with Gasteiger partial charge in [-0.2, -0.15) is 0 Å². The maximum absolute atomic E-state index is 12.5. The molecule has 0 aliphatic heterocycles. The minimum absolute atomic E-state index is 0.157. The van der Waals surface area contributed by atoms with Crippen molar-refractivity contribution in [2.75, 3.05) is 24.3 Å². The number of hydrogen-bond donors (Lipinski definition) is 1. The van der Waals surface area contributed by atoms with Crippen LogP contribution in [0.2, 0.25) is 0 Å². The first kappa shape index (κ1) is 24.3. The summed E-state index contributed by atoms with van der Waals surface area (Å²) in [6, 6.07) is 6.57. The Bertz CT molecular complexity index is 1090. The normalized spacial score (nSPS) is 10.8. The van der Waals surface area contributed by atoms with Gasteiger partial charge in [0.05, 0.1) is 24.5 Å². The van der Waals surface area contributed by atoms with Crippen LogP contribution >= 0.6 is 11.8 Å². The maximum atomic E-state index is 12.5. The number of anilines is 1. The topological polar surface area (TPSA) is 113 Å². The molecule has 1 amide bonds. The number of amides is 1. The van der Waals surface area contributed by atoms with Gasteiger partial charge >= 0.3 is 5.97 Å². The summed E-state index contributed by atoms with van der Waals surface area (Å²) in [7, 11) is 0. The summed E-state index contributed by atoms with van der Waals surface area (Å²) in [6.07, 6.45) is 1.89. The van der Waals surface area contributed by atoms with Crippen molar-refractivity contribution in [2.45, 2.75) is 45.9 Å². The molecular formula is C22H28N6O4S. The number of nitrogens with one attached hydrogen (secondary N) is 1. The van der Waals surface area contributed by atoms with Crippen LogP contribution in [0.25, 0.3) is 11.4 Å². The van der Waals surface area contributed by atoms with Crippen LogP contribution < -0.4 is 10.1 Å². The third-order valence-corrected chi connectivity index (χ3v) is 5.59. The molecule has 0 saturated carbocycles. The Morgan fingerprint density at radius 1 is 1.03 bits per heavy atom. The molecule has 0 aliphatic rings. The lowest BCUT2D eigenvalue weighted by Crippen LogP contribution is -2.15. The van der Waals surface area contributed by atoms with Crippen molar-refractivity contribution < 1.29 is 19.1 Å². The Morgan fingerprint density at radius 3 is 2.42 bits per heavy atom. The van der Waals surface area contributed by atoms with E-state index in [9.17, 15) is 9.59 Å². The highest BCUT2D eigenvalue weighted by molar-refractivity contribution is 7.99. The van der Waals surface area contributed by atoms with Gasteiger partial charge in [-0.25, -0.2) is 4.79 Å². The number of thioether (sulfide) groups is 1. The van der Waals surface area contributed by atoms with Crippen molar-refractivity contribution >= 4 is 29.3 Å². The van der Waals surface area contributed by atoms with Gasteiger partial charge in [-0.15, -0.1) is 15.3 Å². The number of esters is 1. The Hall–Kier alpha value is -3.34. The number of ether oxygens (including phenoxy) is 2. The summed E-state index contributed by atoms with van der Waals surface area (Å²) in [4.78, 5) is 24.2. The lowest BCUT2D eigenvalue weighted by molar-refractivity contribution is -0.113. The Labute approximate surface area is 196 Å². The van der Waals surface area contributed by atoms with Gasteiger partial charge in [0.15, 0.2) is 11.0 Å². The quantitative estimate of drug-likeness (QED) is 0.333. The first-order chi connectivity index (χ1) is 16.0. The largest absolute Gasteiger partial charge is 0.476 e. The molecule has 11 heteroatoms. The zero-order valence-corrected chi connectivity index (χ0v) is 20.0. The van der Waals surface area contributed by atoms with Gasteiger partial charge < -0.3 is 19.4 Å². The van der Waals surface area contributed by atoms with Crippen molar-refractivity contribution in [2.24, 2.45) is 0 Å². The fraction of sp³-hybridized carbons (Fsp3) is 0.409. The van der Waals surface area contributed by atoms with Gasteiger partial charge in [-0.3, -0.25) is 9.48 Å². The number of rotatable bonds is 11. The van der Waals surface area contributed by atoms with Crippen LogP contribution in [0.4, 0.5) is 5.69 Å². The summed E-state index contributed by atoms with van der Waals surface area (Å²) < 4.78 is 14.4. The molecule has 3 rings (SSSR count). The molecule has 0 atom stereocenters. The second kappa shape index (κ2) is 11.5. The van der Waals surface area contributed by atoms with Gasteiger partial charge in [0.1, 0.15) is 5.56 Å². The highest BCUT2D eigenvalue weighted by Crippen LogP contribution is 2.30. The fourth-order valence-corrected chi connectivity index (χ4v) is 3.88. The van der Waals surface area contributed by atoms with Crippen molar-refractivity contribution in [3.8, 4) is 17.3 Å². The molecule has 3 aromatic rings. The lowest BCUT2D eigenvalue weighted by atomic mass is 10.2. The van der Waals surface area contributed by atoms with Crippen LogP contribution in [-0.2, 0) is 22.6 Å². The molecule has 0 radical (unpaired) electrons. The van der Waals surface area contributed by atoms with E-state index in [1.54, 1.807) is 35.9 Å². The minimum Gasteiger partial charge on any atom is -0.476 e. The molecule has 0 bridgehead atoms. The van der Waals surface area contributed by atoms with Crippen LogP contribution in [0.15, 0.2) is 35.6 Å². The van der Waals surface area contributed by atoms with E-state index in [-0.39, 0.29) is 11.7 Å². The van der Waals surface area contributed by atoms with E-state index in [0.29, 0.717) is 54.4 Å². The number of carbonyl (C=O) groups is 2. The zero-order valence-electron chi connectivity index (χ0n) is 19.2. The molecule has 0 saturated heterocycles. The number of benzene rings is 1. The van der Waals surface area contributed by atoms with Crippen LogP contribution in [0, 0.1) is 0 Å². The van der Waals surface area contributed by atoms with Gasteiger partial charge in [-0.05, 0) is 52.0 Å². The predicted molar refractivity (Wildman–Crippen MR) is 126 cm³/mol. The van der Waals surface area contributed by atoms with Crippen LogP contribution in [0.5, 0.6) is 5.88 Å². The summed E-state index contributed by atoms with van der Waals surface area (Å²) in [5, 5.41) is 16.5. The summed E-state index contributed by atoms with van der Waals surface area (Å²) in [5.41, 5.74) is 1.80. The monoisotopic (exact) mass is 472 g/mol. The average molecular weight is 473 g/mol. The third-order valence-electron chi connectivity index (χ3n) is 4.62. The highest BCUT2D eigenvalue weighted by atomic mass is 32.2. The maximum Gasteiger partial charge on any atom is 0.338 e. The smallest absolute Gasteiger partial charge is 0.338 e. The summed E-state index contributed by atoms with van der Waals surface area (Å²) in [6.45, 7) is 9.80. The van der Waals surface area contributed by atoms with Crippen molar-refractivity contribution in [1.82, 2.24) is 24.5 Å². The molecule has 2 heterocycles. The van der Waals surface area contributed by atoms with Crippen LogP contribution in [-0.4, -0.2) is 55.4 Å². The summed E-state index contributed by atoms with van der Waals surface area (Å²) in [5.74, 6) is 0.743. The molecule has 0 aliphatic carbocycles. The Morgan fingerprint density at radius 2 is 1.79 bits per heavy atom. The molecule has 0 unspecified atom stereocenters. The molecule has 10 nitrogen and oxygen atoms in total. The molecule has 176 valence electrons. The van der Waals surface area contributed by atoms with Crippen molar-refractivity contribution in [3.63, 3.8) is 0 Å². The third kappa shape index (κ3) is 5.92. The van der Waals surface area contributed by atoms with E-state index in [2.05, 4.69) is 20.6 Å². The van der Waals surface area contributed by atoms with E-state index in [1.807, 2.05) is 31.5 Å². The second-order valence-corrected chi connectivity index (χ2v) is 7.76. The Balaban J connectivity index is 1.66. The SMILES string of the molecule is CCOC(=O)c1ccc(NC(=O)CSc2nnc(-c3cn(CC)nc3OCC)n2CC)cc1. The van der Waals surface area contributed by atoms with Crippen molar-refractivity contribution in [3.05, 3.63) is 36.0 Å². The number of aromatic nitrogens is 5. The van der Waals surface area contributed by atoms with Crippen molar-refractivity contribution in [1.29, 1.82) is 0 Å². The number of carbonyl (C=O) groups excluding carboxylic acids is 2. The molecule has 1 aromatic carbocycles. The van der Waals surface area contributed by atoms with Gasteiger partial charge in [0.2, 0.25) is 11.8 Å². The average Bonchev–Trinajstić information content (AvgIpc) is 3.41. The van der Waals surface area contributed by atoms with Gasteiger partial charge in [-0.1, -0.05) is 11.8 Å². The number of aryl methyl sites for hydroxylation is 1. The van der Waals surface area contributed by atoms with E-state index >= 15 is 0 Å². The molecule has 1 N–H and O–H groups in total. The number of hydrogen-bond acceptors (Lipinski definition) is 8. The standard InChI is InChI=1S/C22H28N6O4S/c1-5-27-13-17(20(26-27)31-7-3)19-24-25-22(28(19)6-2)33-14-18(29)23-16-11-9-15(10-12-16)21(30)32-8-4/h9-13H,5-8,14H2,1-4H3,(H,23,29). The van der Waals surface area contributed by atoms with Gasteiger partial charge in [0.25, 0.3) is 0 Å². The molecule has 2 aromatic heterocycles. The van der Waals surface area contributed by atoms with Crippen LogP contribution in [0.3, 0.4) is 0 Å². The van der Waals surface area contributed by atoms with E-state index in [0.717, 1.165) is 5.56 Å². The molecule has 0 spiro atoms. The molecule has 0 fully saturated rings. The fourth-order valence-electron chi connectivity index (χ4n) is 3.07. The van der Waals surface area contributed by atoms with Crippen LogP contribution in [0.1, 0.15) is 38.1 Å². The van der Waals surface area contributed by atoms with E-state index < -0.39 is 5.97 Å². The predicted octanol–water partition coefficient (Wildman–Crippen LogP) is 3.49. The summed E-state index contributed by atoms with van der Waals surface area (Å²) >= 11 is 1.30. The zero-order chi connectivity index (χ0) is 23.8. The van der Waals surface area contributed by atoms with Gasteiger partial charge in [0, 0.05) is 25.0 Å². The Kier molecular flexibility index (Phi) is 8.47. The van der Waals surface area contributed by atoms with E-state index in [1.165, 1.54) is 11.8 Å².